The lowest BCUT2D eigenvalue weighted by Crippen LogP contribution is -2.13. The van der Waals surface area contributed by atoms with Gasteiger partial charge in [-0.2, -0.15) is 0 Å². The first-order valence-corrected chi connectivity index (χ1v) is 8.24. The summed E-state index contributed by atoms with van der Waals surface area (Å²) in [6.45, 7) is 8.78. The molecule has 0 radical (unpaired) electrons. The van der Waals surface area contributed by atoms with Crippen molar-refractivity contribution in [2.24, 2.45) is 0 Å². The molecule has 2 rings (SSSR count). The SMILES string of the molecule is CCCCOc1ccc(CNCc2cc(C)on2)cc1OCC. The maximum Gasteiger partial charge on any atom is 0.161 e. The summed E-state index contributed by atoms with van der Waals surface area (Å²) in [5, 5.41) is 7.32. The number of nitrogens with one attached hydrogen (secondary N) is 1. The third-order valence-electron chi connectivity index (χ3n) is 3.38. The number of benzene rings is 1. The first kappa shape index (κ1) is 17.3. The van der Waals surface area contributed by atoms with Crippen LogP contribution < -0.4 is 14.8 Å². The Balaban J connectivity index is 1.91. The van der Waals surface area contributed by atoms with Crippen LogP contribution in [0.1, 0.15) is 43.7 Å². The molecule has 0 aliphatic carbocycles. The molecule has 5 heteroatoms. The van der Waals surface area contributed by atoms with Gasteiger partial charge in [-0.15, -0.1) is 0 Å². The zero-order valence-electron chi connectivity index (χ0n) is 14.2. The molecule has 0 amide bonds. The molecule has 0 spiro atoms. The van der Waals surface area contributed by atoms with Crippen LogP contribution in [0, 0.1) is 6.92 Å². The molecule has 0 atom stereocenters. The van der Waals surface area contributed by atoms with E-state index in [1.165, 1.54) is 0 Å². The van der Waals surface area contributed by atoms with Gasteiger partial charge in [0.15, 0.2) is 11.5 Å². The van der Waals surface area contributed by atoms with Gasteiger partial charge in [-0.3, -0.25) is 0 Å². The van der Waals surface area contributed by atoms with Gasteiger partial charge in [-0.05, 0) is 38.0 Å². The van der Waals surface area contributed by atoms with Crippen LogP contribution in [0.2, 0.25) is 0 Å². The van der Waals surface area contributed by atoms with Crippen molar-refractivity contribution in [2.75, 3.05) is 13.2 Å². The van der Waals surface area contributed by atoms with Crippen molar-refractivity contribution in [3.63, 3.8) is 0 Å². The molecule has 0 bridgehead atoms. The smallest absolute Gasteiger partial charge is 0.161 e. The molecular formula is C18H26N2O3. The van der Waals surface area contributed by atoms with Crippen LogP contribution in [0.3, 0.4) is 0 Å². The second kappa shape index (κ2) is 9.20. The van der Waals surface area contributed by atoms with E-state index in [2.05, 4.69) is 23.5 Å². The van der Waals surface area contributed by atoms with E-state index in [9.17, 15) is 0 Å². The number of rotatable bonds is 10. The lowest BCUT2D eigenvalue weighted by Gasteiger charge is -2.13. The average Bonchev–Trinajstić information content (AvgIpc) is 2.95. The monoisotopic (exact) mass is 318 g/mol. The zero-order valence-corrected chi connectivity index (χ0v) is 14.2. The molecule has 5 nitrogen and oxygen atoms in total. The van der Waals surface area contributed by atoms with Crippen molar-refractivity contribution in [3.8, 4) is 11.5 Å². The van der Waals surface area contributed by atoms with Crippen LogP contribution in [0.25, 0.3) is 0 Å². The molecule has 0 fully saturated rings. The van der Waals surface area contributed by atoms with Gasteiger partial charge in [-0.1, -0.05) is 24.6 Å². The largest absolute Gasteiger partial charge is 0.490 e. The number of aromatic nitrogens is 1. The summed E-state index contributed by atoms with van der Waals surface area (Å²) in [6.07, 6.45) is 2.17. The van der Waals surface area contributed by atoms with E-state index >= 15 is 0 Å². The van der Waals surface area contributed by atoms with Gasteiger partial charge in [0, 0.05) is 19.2 Å². The topological polar surface area (TPSA) is 56.5 Å². The Hall–Kier alpha value is -2.01. The van der Waals surface area contributed by atoms with Gasteiger partial charge < -0.3 is 19.3 Å². The fourth-order valence-electron chi connectivity index (χ4n) is 2.21. The van der Waals surface area contributed by atoms with Crippen LogP contribution in [0.4, 0.5) is 0 Å². The third-order valence-corrected chi connectivity index (χ3v) is 3.38. The minimum atomic E-state index is 0.624. The second-order valence-corrected chi connectivity index (χ2v) is 5.45. The summed E-state index contributed by atoms with van der Waals surface area (Å²) in [7, 11) is 0. The van der Waals surface area contributed by atoms with Crippen molar-refractivity contribution in [3.05, 3.63) is 41.3 Å². The zero-order chi connectivity index (χ0) is 16.5. The number of hydrogen-bond acceptors (Lipinski definition) is 5. The van der Waals surface area contributed by atoms with E-state index in [0.717, 1.165) is 54.5 Å². The minimum Gasteiger partial charge on any atom is -0.490 e. The van der Waals surface area contributed by atoms with Crippen molar-refractivity contribution in [2.45, 2.75) is 46.7 Å². The van der Waals surface area contributed by atoms with Crippen molar-refractivity contribution in [1.82, 2.24) is 10.5 Å². The number of hydrogen-bond donors (Lipinski definition) is 1. The van der Waals surface area contributed by atoms with Gasteiger partial charge in [-0.25, -0.2) is 0 Å². The summed E-state index contributed by atoms with van der Waals surface area (Å²) >= 11 is 0. The third kappa shape index (κ3) is 5.60. The maximum absolute atomic E-state index is 5.79. The first-order chi connectivity index (χ1) is 11.2. The first-order valence-electron chi connectivity index (χ1n) is 8.24. The molecule has 0 aliphatic heterocycles. The Kier molecular flexibility index (Phi) is 6.94. The van der Waals surface area contributed by atoms with Gasteiger partial charge in [0.2, 0.25) is 0 Å². The molecule has 1 aromatic carbocycles. The van der Waals surface area contributed by atoms with E-state index in [-0.39, 0.29) is 0 Å². The van der Waals surface area contributed by atoms with E-state index in [1.54, 1.807) is 0 Å². The van der Waals surface area contributed by atoms with Gasteiger partial charge in [0.25, 0.3) is 0 Å². The molecule has 0 unspecified atom stereocenters. The van der Waals surface area contributed by atoms with E-state index < -0.39 is 0 Å². The van der Waals surface area contributed by atoms with Gasteiger partial charge in [0.1, 0.15) is 5.76 Å². The normalized spacial score (nSPS) is 10.7. The highest BCUT2D eigenvalue weighted by molar-refractivity contribution is 5.43. The van der Waals surface area contributed by atoms with Crippen molar-refractivity contribution >= 4 is 0 Å². The maximum atomic E-state index is 5.79. The summed E-state index contributed by atoms with van der Waals surface area (Å²) in [5.74, 6) is 2.45. The van der Waals surface area contributed by atoms with Crippen LogP contribution in [0.5, 0.6) is 11.5 Å². The highest BCUT2D eigenvalue weighted by atomic mass is 16.5. The molecule has 0 saturated heterocycles. The minimum absolute atomic E-state index is 0.624. The molecule has 1 N–H and O–H groups in total. The molecule has 23 heavy (non-hydrogen) atoms. The quantitative estimate of drug-likeness (QED) is 0.674. The number of ether oxygens (including phenoxy) is 2. The lowest BCUT2D eigenvalue weighted by atomic mass is 10.2. The summed E-state index contributed by atoms with van der Waals surface area (Å²) in [5.41, 5.74) is 2.06. The Morgan fingerprint density at radius 1 is 1.09 bits per heavy atom. The average molecular weight is 318 g/mol. The van der Waals surface area contributed by atoms with Crippen LogP contribution in [-0.2, 0) is 13.1 Å². The number of aryl methyl sites for hydroxylation is 1. The second-order valence-electron chi connectivity index (χ2n) is 5.45. The summed E-state index contributed by atoms with van der Waals surface area (Å²) < 4.78 is 16.5. The highest BCUT2D eigenvalue weighted by Gasteiger charge is 2.07. The standard InChI is InChI=1S/C18H26N2O3/c1-4-6-9-22-17-8-7-15(11-18(17)21-5-2)12-19-13-16-10-14(3)23-20-16/h7-8,10-11,19H,4-6,9,12-13H2,1-3H3. The summed E-state index contributed by atoms with van der Waals surface area (Å²) in [6, 6.07) is 8.01. The fraction of sp³-hybridized carbons (Fsp3) is 0.500. The predicted molar refractivity (Wildman–Crippen MR) is 89.8 cm³/mol. The van der Waals surface area contributed by atoms with E-state index in [4.69, 9.17) is 14.0 Å². The van der Waals surface area contributed by atoms with Gasteiger partial charge >= 0.3 is 0 Å². The Bertz CT molecular complexity index is 596. The Morgan fingerprint density at radius 3 is 2.65 bits per heavy atom. The fourth-order valence-corrected chi connectivity index (χ4v) is 2.21. The Labute approximate surface area is 138 Å². The number of unbranched alkanes of at least 4 members (excludes halogenated alkanes) is 1. The van der Waals surface area contributed by atoms with Crippen molar-refractivity contribution in [1.29, 1.82) is 0 Å². The summed E-state index contributed by atoms with van der Waals surface area (Å²) in [4.78, 5) is 0. The van der Waals surface area contributed by atoms with Crippen LogP contribution in [0.15, 0.2) is 28.8 Å². The van der Waals surface area contributed by atoms with E-state index in [1.807, 2.05) is 32.0 Å². The molecule has 1 heterocycles. The number of nitrogens with zero attached hydrogens (tertiary/aromatic N) is 1. The predicted octanol–water partition coefficient (Wildman–Crippen LogP) is 3.85. The van der Waals surface area contributed by atoms with Crippen LogP contribution >= 0.6 is 0 Å². The molecule has 1 aromatic heterocycles. The molecule has 2 aromatic rings. The lowest BCUT2D eigenvalue weighted by molar-refractivity contribution is 0.272. The molecular weight excluding hydrogens is 292 g/mol. The van der Waals surface area contributed by atoms with E-state index in [0.29, 0.717) is 13.2 Å². The molecule has 126 valence electrons. The molecule has 0 saturated carbocycles. The Morgan fingerprint density at radius 2 is 1.96 bits per heavy atom. The molecule has 0 aliphatic rings. The van der Waals surface area contributed by atoms with Crippen LogP contribution in [-0.4, -0.2) is 18.4 Å². The highest BCUT2D eigenvalue weighted by Crippen LogP contribution is 2.28. The van der Waals surface area contributed by atoms with Crippen molar-refractivity contribution < 1.29 is 14.0 Å². The van der Waals surface area contributed by atoms with Gasteiger partial charge in [0.05, 0.1) is 18.9 Å².